The quantitative estimate of drug-likeness (QED) is 0.661. The Balaban J connectivity index is 2.29. The lowest BCUT2D eigenvalue weighted by Crippen LogP contribution is -2.07. The van der Waals surface area contributed by atoms with Crippen LogP contribution in [0.4, 0.5) is 11.4 Å². The van der Waals surface area contributed by atoms with E-state index in [1.165, 1.54) is 5.01 Å². The van der Waals surface area contributed by atoms with E-state index in [9.17, 15) is 4.91 Å². The van der Waals surface area contributed by atoms with E-state index in [0.29, 0.717) is 17.1 Å². The van der Waals surface area contributed by atoms with Gasteiger partial charge in [0.1, 0.15) is 5.75 Å². The minimum Gasteiger partial charge on any atom is -0.497 e. The van der Waals surface area contributed by atoms with Crippen LogP contribution in [0.2, 0.25) is 0 Å². The number of hydrogen-bond acceptors (Lipinski definition) is 4. The first-order chi connectivity index (χ1) is 9.28. The largest absolute Gasteiger partial charge is 0.497 e. The molecular weight excluding hydrogens is 244 g/mol. The molecule has 0 aliphatic carbocycles. The number of ether oxygens (including phenoxy) is 1. The van der Waals surface area contributed by atoms with Crippen molar-refractivity contribution in [1.29, 1.82) is 0 Å². The first kappa shape index (κ1) is 13.0. The van der Waals surface area contributed by atoms with Crippen LogP contribution in [-0.2, 0) is 6.61 Å². The number of aliphatic hydroxyl groups is 1. The fourth-order valence-corrected chi connectivity index (χ4v) is 1.71. The van der Waals surface area contributed by atoms with Gasteiger partial charge in [0.25, 0.3) is 0 Å². The monoisotopic (exact) mass is 258 g/mol. The fourth-order valence-electron chi connectivity index (χ4n) is 1.71. The van der Waals surface area contributed by atoms with Gasteiger partial charge in [0.05, 0.1) is 30.4 Å². The summed E-state index contributed by atoms with van der Waals surface area (Å²) >= 11 is 0. The number of rotatable bonds is 5. The maximum atomic E-state index is 11.0. The minimum absolute atomic E-state index is 0.0304. The van der Waals surface area contributed by atoms with E-state index in [1.54, 1.807) is 55.6 Å². The van der Waals surface area contributed by atoms with E-state index in [2.05, 4.69) is 5.29 Å². The highest BCUT2D eigenvalue weighted by Crippen LogP contribution is 2.27. The fraction of sp³-hybridized carbons (Fsp3) is 0.143. The molecule has 2 aromatic carbocycles. The molecule has 0 bridgehead atoms. The van der Waals surface area contributed by atoms with Gasteiger partial charge >= 0.3 is 0 Å². The predicted molar refractivity (Wildman–Crippen MR) is 73.3 cm³/mol. The molecule has 0 aliphatic rings. The van der Waals surface area contributed by atoms with Crippen molar-refractivity contribution in [3.63, 3.8) is 0 Å². The Morgan fingerprint density at radius 2 is 1.58 bits per heavy atom. The second-order valence-electron chi connectivity index (χ2n) is 3.92. The van der Waals surface area contributed by atoms with Crippen molar-refractivity contribution in [2.45, 2.75) is 6.61 Å². The van der Waals surface area contributed by atoms with Gasteiger partial charge in [-0.1, -0.05) is 12.1 Å². The molecular formula is C14H14N2O3. The Bertz CT molecular complexity index is 490. The standard InChI is InChI=1S/C14H14N2O3/c1-19-14-8-6-13(7-9-14)16(15-18)12-4-2-11(10-17)3-5-12/h2-9,17H,10H2,1H3. The average molecular weight is 258 g/mol. The summed E-state index contributed by atoms with van der Waals surface area (Å²) in [5.74, 6) is 0.713. The minimum atomic E-state index is -0.0304. The van der Waals surface area contributed by atoms with Crippen molar-refractivity contribution in [1.82, 2.24) is 0 Å². The summed E-state index contributed by atoms with van der Waals surface area (Å²) in [5, 5.41) is 13.3. The number of benzene rings is 2. The van der Waals surface area contributed by atoms with Gasteiger partial charge in [-0.05, 0) is 42.0 Å². The molecule has 0 saturated carbocycles. The normalized spacial score (nSPS) is 10.0. The number of nitrogens with zero attached hydrogens (tertiary/aromatic N) is 2. The van der Waals surface area contributed by atoms with E-state index in [0.717, 1.165) is 5.56 Å². The summed E-state index contributed by atoms with van der Waals surface area (Å²) in [7, 11) is 1.58. The van der Waals surface area contributed by atoms with Crippen LogP contribution in [0.25, 0.3) is 0 Å². The molecule has 0 atom stereocenters. The zero-order chi connectivity index (χ0) is 13.7. The SMILES string of the molecule is COc1ccc(N(N=O)c2ccc(CO)cc2)cc1. The van der Waals surface area contributed by atoms with E-state index >= 15 is 0 Å². The van der Waals surface area contributed by atoms with Crippen molar-refractivity contribution in [2.75, 3.05) is 12.1 Å². The topological polar surface area (TPSA) is 62.1 Å². The van der Waals surface area contributed by atoms with Gasteiger partial charge < -0.3 is 9.84 Å². The van der Waals surface area contributed by atoms with Gasteiger partial charge in [0.2, 0.25) is 0 Å². The highest BCUT2D eigenvalue weighted by Gasteiger charge is 2.09. The first-order valence-electron chi connectivity index (χ1n) is 5.75. The zero-order valence-electron chi connectivity index (χ0n) is 10.5. The Morgan fingerprint density at radius 1 is 1.05 bits per heavy atom. The van der Waals surface area contributed by atoms with Gasteiger partial charge in [0, 0.05) is 0 Å². The Kier molecular flexibility index (Phi) is 4.10. The third-order valence-electron chi connectivity index (χ3n) is 2.76. The van der Waals surface area contributed by atoms with Gasteiger partial charge in [-0.2, -0.15) is 5.01 Å². The van der Waals surface area contributed by atoms with Crippen molar-refractivity contribution >= 4 is 11.4 Å². The Hall–Kier alpha value is -2.40. The summed E-state index contributed by atoms with van der Waals surface area (Å²) in [6.45, 7) is -0.0304. The second kappa shape index (κ2) is 5.97. The van der Waals surface area contributed by atoms with E-state index < -0.39 is 0 Å². The number of nitroso groups, excluding NO2 is 1. The molecule has 0 aromatic heterocycles. The van der Waals surface area contributed by atoms with Crippen LogP contribution in [0.1, 0.15) is 5.56 Å². The molecule has 2 rings (SSSR count). The molecule has 0 amide bonds. The lowest BCUT2D eigenvalue weighted by molar-refractivity contribution is 0.282. The second-order valence-corrected chi connectivity index (χ2v) is 3.92. The van der Waals surface area contributed by atoms with E-state index in [1.807, 2.05) is 0 Å². The summed E-state index contributed by atoms with van der Waals surface area (Å²) in [4.78, 5) is 11.0. The molecule has 0 fully saturated rings. The summed E-state index contributed by atoms with van der Waals surface area (Å²) in [5.41, 5.74) is 2.06. The average Bonchev–Trinajstić information content (AvgIpc) is 2.49. The Morgan fingerprint density at radius 3 is 2.00 bits per heavy atom. The Labute approximate surface area is 111 Å². The summed E-state index contributed by atoms with van der Waals surface area (Å²) in [6.07, 6.45) is 0. The van der Waals surface area contributed by atoms with Crippen LogP contribution in [0.15, 0.2) is 53.8 Å². The van der Waals surface area contributed by atoms with Crippen LogP contribution >= 0.6 is 0 Å². The van der Waals surface area contributed by atoms with Crippen LogP contribution in [-0.4, -0.2) is 12.2 Å². The van der Waals surface area contributed by atoms with Gasteiger partial charge in [0.15, 0.2) is 0 Å². The molecule has 0 aliphatic heterocycles. The van der Waals surface area contributed by atoms with Crippen LogP contribution in [0.3, 0.4) is 0 Å². The van der Waals surface area contributed by atoms with Crippen molar-refractivity contribution < 1.29 is 9.84 Å². The number of anilines is 2. The molecule has 1 N–H and O–H groups in total. The smallest absolute Gasteiger partial charge is 0.119 e. The molecule has 0 spiro atoms. The number of hydrogen-bond donors (Lipinski definition) is 1. The lowest BCUT2D eigenvalue weighted by Gasteiger charge is -2.15. The van der Waals surface area contributed by atoms with Crippen molar-refractivity contribution in [3.8, 4) is 5.75 Å². The van der Waals surface area contributed by atoms with E-state index in [4.69, 9.17) is 9.84 Å². The molecule has 5 heteroatoms. The van der Waals surface area contributed by atoms with Gasteiger partial charge in [-0.15, -0.1) is 4.91 Å². The molecule has 19 heavy (non-hydrogen) atoms. The maximum Gasteiger partial charge on any atom is 0.119 e. The number of methoxy groups -OCH3 is 1. The van der Waals surface area contributed by atoms with Gasteiger partial charge in [-0.25, -0.2) is 0 Å². The molecule has 98 valence electrons. The highest BCUT2D eigenvalue weighted by molar-refractivity contribution is 5.63. The molecule has 5 nitrogen and oxygen atoms in total. The van der Waals surface area contributed by atoms with Crippen LogP contribution < -0.4 is 9.75 Å². The van der Waals surface area contributed by atoms with Crippen LogP contribution in [0, 0.1) is 4.91 Å². The van der Waals surface area contributed by atoms with E-state index in [-0.39, 0.29) is 6.61 Å². The molecule has 2 aromatic rings. The van der Waals surface area contributed by atoms with Crippen molar-refractivity contribution in [3.05, 3.63) is 59.0 Å². The van der Waals surface area contributed by atoms with Crippen LogP contribution in [0.5, 0.6) is 5.75 Å². The van der Waals surface area contributed by atoms with Crippen molar-refractivity contribution in [2.24, 2.45) is 5.29 Å². The molecule has 0 unspecified atom stereocenters. The maximum absolute atomic E-state index is 11.0. The van der Waals surface area contributed by atoms with Gasteiger partial charge in [-0.3, -0.25) is 0 Å². The summed E-state index contributed by atoms with van der Waals surface area (Å²) in [6, 6.07) is 14.0. The third kappa shape index (κ3) is 2.89. The molecule has 0 radical (unpaired) electrons. The lowest BCUT2D eigenvalue weighted by atomic mass is 10.2. The first-order valence-corrected chi connectivity index (χ1v) is 5.75. The number of aliphatic hydroxyl groups excluding tert-OH is 1. The predicted octanol–water partition coefficient (Wildman–Crippen LogP) is 3.01. The summed E-state index contributed by atoms with van der Waals surface area (Å²) < 4.78 is 5.06. The highest BCUT2D eigenvalue weighted by atomic mass is 16.5. The zero-order valence-corrected chi connectivity index (χ0v) is 10.5. The molecule has 0 saturated heterocycles. The third-order valence-corrected chi connectivity index (χ3v) is 2.76. The molecule has 0 heterocycles.